The number of ether oxygens (including phenoxy) is 2. The van der Waals surface area contributed by atoms with Gasteiger partial charge in [-0.15, -0.1) is 0 Å². The van der Waals surface area contributed by atoms with Gasteiger partial charge in [0.2, 0.25) is 5.91 Å². The zero-order valence-corrected chi connectivity index (χ0v) is 15.6. The van der Waals surface area contributed by atoms with Crippen molar-refractivity contribution < 1.29 is 19.4 Å². The van der Waals surface area contributed by atoms with Crippen LogP contribution in [0.1, 0.15) is 31.4 Å². The average Bonchev–Trinajstić information content (AvgIpc) is 2.63. The second kappa shape index (κ2) is 9.01. The molecular formula is C20H27N3O4. The lowest BCUT2D eigenvalue weighted by molar-refractivity contribution is -0.127. The standard InChI is InChI=1S/C20H27N3O4/c1-13-11-16(21)20-17(22-13)3-2-4-18(20)27-15-7-5-14(6-8-15)23-19(25)12-26-10-9-24/h2-4,11,14-15,24H,5-10,12H2,1H3,(H2,21,22)(H,23,25). The number of hydrogen-bond donors (Lipinski definition) is 3. The Bertz CT molecular complexity index is 788. The van der Waals surface area contributed by atoms with Crippen LogP contribution in [-0.4, -0.2) is 48.0 Å². The van der Waals surface area contributed by atoms with Crippen molar-refractivity contribution in [1.82, 2.24) is 10.3 Å². The minimum absolute atomic E-state index is 0.0152. The minimum Gasteiger partial charge on any atom is -0.490 e. The molecule has 0 unspecified atom stereocenters. The lowest BCUT2D eigenvalue weighted by Gasteiger charge is -2.30. The molecule has 1 aromatic heterocycles. The molecule has 1 amide bonds. The maximum atomic E-state index is 11.8. The first kappa shape index (κ1) is 19.4. The molecule has 1 aliphatic rings. The predicted molar refractivity (Wildman–Crippen MR) is 104 cm³/mol. The van der Waals surface area contributed by atoms with E-state index >= 15 is 0 Å². The molecule has 0 atom stereocenters. The molecule has 1 fully saturated rings. The number of carbonyl (C=O) groups is 1. The number of pyridine rings is 1. The summed E-state index contributed by atoms with van der Waals surface area (Å²) in [6.45, 7) is 2.01. The van der Waals surface area contributed by atoms with Crippen LogP contribution in [0, 0.1) is 6.92 Å². The number of nitrogens with one attached hydrogen (secondary N) is 1. The molecular weight excluding hydrogens is 346 g/mol. The molecule has 1 saturated carbocycles. The summed E-state index contributed by atoms with van der Waals surface area (Å²) in [5, 5.41) is 12.5. The number of aromatic nitrogens is 1. The van der Waals surface area contributed by atoms with Gasteiger partial charge in [0, 0.05) is 17.4 Å². The highest BCUT2D eigenvalue weighted by atomic mass is 16.5. The van der Waals surface area contributed by atoms with Gasteiger partial charge in [0.1, 0.15) is 12.4 Å². The fourth-order valence-electron chi connectivity index (χ4n) is 3.52. The van der Waals surface area contributed by atoms with Crippen molar-refractivity contribution in [2.24, 2.45) is 0 Å². The highest BCUT2D eigenvalue weighted by Gasteiger charge is 2.24. The molecule has 4 N–H and O–H groups in total. The van der Waals surface area contributed by atoms with Crippen molar-refractivity contribution >= 4 is 22.5 Å². The van der Waals surface area contributed by atoms with E-state index in [2.05, 4.69) is 10.3 Å². The monoisotopic (exact) mass is 373 g/mol. The third kappa shape index (κ3) is 5.08. The first-order valence-electron chi connectivity index (χ1n) is 9.37. The number of nitrogens with zero attached hydrogens (tertiary/aromatic N) is 1. The molecule has 146 valence electrons. The second-order valence-corrected chi connectivity index (χ2v) is 6.94. The first-order valence-corrected chi connectivity index (χ1v) is 9.37. The smallest absolute Gasteiger partial charge is 0.246 e. The Morgan fingerprint density at radius 3 is 2.85 bits per heavy atom. The van der Waals surface area contributed by atoms with E-state index < -0.39 is 0 Å². The molecule has 27 heavy (non-hydrogen) atoms. The van der Waals surface area contributed by atoms with E-state index in [1.807, 2.05) is 31.2 Å². The second-order valence-electron chi connectivity index (χ2n) is 6.94. The van der Waals surface area contributed by atoms with Crippen molar-refractivity contribution in [3.8, 4) is 5.75 Å². The van der Waals surface area contributed by atoms with E-state index in [0.29, 0.717) is 5.69 Å². The van der Waals surface area contributed by atoms with Crippen LogP contribution >= 0.6 is 0 Å². The van der Waals surface area contributed by atoms with Crippen LogP contribution in [-0.2, 0) is 9.53 Å². The maximum absolute atomic E-state index is 11.8. The summed E-state index contributed by atoms with van der Waals surface area (Å²) in [5.41, 5.74) is 8.60. The summed E-state index contributed by atoms with van der Waals surface area (Å²) in [7, 11) is 0. The van der Waals surface area contributed by atoms with Crippen LogP contribution in [0.25, 0.3) is 10.9 Å². The molecule has 0 bridgehead atoms. The Morgan fingerprint density at radius 1 is 1.33 bits per heavy atom. The van der Waals surface area contributed by atoms with Crippen LogP contribution in [0.4, 0.5) is 5.69 Å². The van der Waals surface area contributed by atoms with E-state index in [4.69, 9.17) is 20.3 Å². The lowest BCUT2D eigenvalue weighted by atomic mass is 9.93. The Labute approximate surface area is 158 Å². The van der Waals surface area contributed by atoms with Gasteiger partial charge in [0.15, 0.2) is 0 Å². The fraction of sp³-hybridized carbons (Fsp3) is 0.500. The molecule has 3 rings (SSSR count). The van der Waals surface area contributed by atoms with E-state index in [0.717, 1.165) is 48.0 Å². The number of rotatable bonds is 7. The number of hydrogen-bond acceptors (Lipinski definition) is 6. The van der Waals surface area contributed by atoms with Gasteiger partial charge in [-0.1, -0.05) is 6.07 Å². The highest BCUT2D eigenvalue weighted by molar-refractivity contribution is 5.95. The van der Waals surface area contributed by atoms with Crippen LogP contribution in [0.15, 0.2) is 24.3 Å². The molecule has 0 radical (unpaired) electrons. The van der Waals surface area contributed by atoms with Crippen molar-refractivity contribution in [1.29, 1.82) is 0 Å². The van der Waals surface area contributed by atoms with Gasteiger partial charge >= 0.3 is 0 Å². The fourth-order valence-corrected chi connectivity index (χ4v) is 3.52. The van der Waals surface area contributed by atoms with Crippen LogP contribution < -0.4 is 15.8 Å². The number of benzene rings is 1. The zero-order chi connectivity index (χ0) is 19.2. The predicted octanol–water partition coefficient (Wildman–Crippen LogP) is 1.94. The molecule has 1 aromatic carbocycles. The number of nitrogens with two attached hydrogens (primary N) is 1. The summed E-state index contributed by atoms with van der Waals surface area (Å²) in [6, 6.07) is 7.80. The molecule has 1 heterocycles. The van der Waals surface area contributed by atoms with Crippen molar-refractivity contribution in [3.05, 3.63) is 30.0 Å². The molecule has 0 aliphatic heterocycles. The lowest BCUT2D eigenvalue weighted by Crippen LogP contribution is -2.41. The molecule has 7 nitrogen and oxygen atoms in total. The van der Waals surface area contributed by atoms with Gasteiger partial charge in [-0.2, -0.15) is 0 Å². The van der Waals surface area contributed by atoms with Gasteiger partial charge < -0.3 is 25.6 Å². The van der Waals surface area contributed by atoms with Gasteiger partial charge in [-0.05, 0) is 50.8 Å². The summed E-state index contributed by atoms with van der Waals surface area (Å²) in [5.74, 6) is 0.624. The summed E-state index contributed by atoms with van der Waals surface area (Å²) in [4.78, 5) is 16.3. The highest BCUT2D eigenvalue weighted by Crippen LogP contribution is 2.33. The van der Waals surface area contributed by atoms with E-state index in [-0.39, 0.29) is 37.9 Å². The topological polar surface area (TPSA) is 107 Å². The van der Waals surface area contributed by atoms with Gasteiger partial charge in [-0.25, -0.2) is 0 Å². The number of aliphatic hydroxyl groups is 1. The summed E-state index contributed by atoms with van der Waals surface area (Å²) < 4.78 is 11.3. The van der Waals surface area contributed by atoms with Gasteiger partial charge in [-0.3, -0.25) is 9.78 Å². The average molecular weight is 373 g/mol. The summed E-state index contributed by atoms with van der Waals surface area (Å²) >= 11 is 0. The first-order chi connectivity index (χ1) is 13.1. The van der Waals surface area contributed by atoms with Gasteiger partial charge in [0.05, 0.1) is 30.2 Å². The van der Waals surface area contributed by atoms with Crippen molar-refractivity contribution in [3.63, 3.8) is 0 Å². The van der Waals surface area contributed by atoms with E-state index in [9.17, 15) is 4.79 Å². The van der Waals surface area contributed by atoms with Crippen LogP contribution in [0.2, 0.25) is 0 Å². The van der Waals surface area contributed by atoms with Crippen molar-refractivity contribution in [2.45, 2.75) is 44.8 Å². The Morgan fingerprint density at radius 2 is 2.11 bits per heavy atom. The van der Waals surface area contributed by atoms with E-state index in [1.165, 1.54) is 0 Å². The normalized spacial score (nSPS) is 19.8. The molecule has 0 spiro atoms. The number of aliphatic hydroxyl groups excluding tert-OH is 1. The maximum Gasteiger partial charge on any atom is 0.246 e. The SMILES string of the molecule is Cc1cc(N)c2c(OC3CCC(NC(=O)COCCO)CC3)cccc2n1. The quantitative estimate of drug-likeness (QED) is 0.641. The number of anilines is 1. The van der Waals surface area contributed by atoms with Crippen LogP contribution in [0.3, 0.4) is 0 Å². The third-order valence-corrected chi connectivity index (χ3v) is 4.76. The molecule has 2 aromatic rings. The van der Waals surface area contributed by atoms with Crippen molar-refractivity contribution in [2.75, 3.05) is 25.6 Å². The Hall–Kier alpha value is -2.38. The number of carbonyl (C=O) groups excluding carboxylic acids is 1. The number of aryl methyl sites for hydroxylation is 1. The van der Waals surface area contributed by atoms with E-state index in [1.54, 1.807) is 0 Å². The largest absolute Gasteiger partial charge is 0.490 e. The minimum atomic E-state index is -0.143. The molecule has 7 heteroatoms. The molecule has 1 aliphatic carbocycles. The zero-order valence-electron chi connectivity index (χ0n) is 15.6. The number of nitrogen functional groups attached to an aromatic ring is 1. The van der Waals surface area contributed by atoms with Crippen LogP contribution in [0.5, 0.6) is 5.75 Å². The molecule has 0 saturated heterocycles. The summed E-state index contributed by atoms with van der Waals surface area (Å²) in [6.07, 6.45) is 3.52. The number of amides is 1. The van der Waals surface area contributed by atoms with Gasteiger partial charge in [0.25, 0.3) is 0 Å². The third-order valence-electron chi connectivity index (χ3n) is 4.76. The Kier molecular flexibility index (Phi) is 6.47. The number of fused-ring (bicyclic) bond motifs is 1. The Balaban J connectivity index is 1.55.